The van der Waals surface area contributed by atoms with Crippen LogP contribution in [-0.2, 0) is 21.2 Å². The zero-order valence-electron chi connectivity index (χ0n) is 13.4. The third-order valence-corrected chi connectivity index (χ3v) is 6.76. The Labute approximate surface area is 157 Å². The number of piperidine rings is 1. The maximum atomic E-state index is 13.0. The Morgan fingerprint density at radius 3 is 2.12 bits per heavy atom. The summed E-state index contributed by atoms with van der Waals surface area (Å²) in [5.74, 6) is 0.0847. The lowest BCUT2D eigenvalue weighted by Crippen LogP contribution is -2.47. The number of Topliss-reactive ketones (excluding diaryl/α,β-unsaturated/α-hetero) is 1. The van der Waals surface area contributed by atoms with E-state index in [0.29, 0.717) is 16.5 Å². The van der Waals surface area contributed by atoms with E-state index in [0.717, 1.165) is 5.56 Å². The molecule has 1 unspecified atom stereocenters. The summed E-state index contributed by atoms with van der Waals surface area (Å²) in [6.45, 7) is 0.196. The molecule has 1 fully saturated rings. The van der Waals surface area contributed by atoms with Gasteiger partial charge in [0.15, 0.2) is 0 Å². The third-order valence-electron chi connectivity index (χ3n) is 4.29. The summed E-state index contributed by atoms with van der Waals surface area (Å²) in [4.78, 5) is 12.1. The second-order valence-electron chi connectivity index (χ2n) is 6.05. The van der Waals surface area contributed by atoms with Crippen LogP contribution in [0, 0.1) is 0 Å². The van der Waals surface area contributed by atoms with Gasteiger partial charge in [-0.05, 0) is 48.4 Å². The molecule has 0 bridgehead atoms. The van der Waals surface area contributed by atoms with Gasteiger partial charge in [0.05, 0.1) is 4.90 Å². The molecule has 1 atom stereocenters. The minimum absolute atomic E-state index is 0.0847. The number of carbonyl (C=O) groups is 1. The van der Waals surface area contributed by atoms with E-state index in [4.69, 9.17) is 23.2 Å². The first kappa shape index (κ1) is 18.4. The van der Waals surface area contributed by atoms with Crippen LogP contribution >= 0.6 is 23.2 Å². The lowest BCUT2D eigenvalue weighted by Gasteiger charge is -2.34. The maximum Gasteiger partial charge on any atom is 0.243 e. The summed E-state index contributed by atoms with van der Waals surface area (Å²) in [7, 11) is -3.68. The quantitative estimate of drug-likeness (QED) is 0.784. The average molecular weight is 398 g/mol. The van der Waals surface area contributed by atoms with Crippen molar-refractivity contribution in [3.05, 3.63) is 64.1 Å². The van der Waals surface area contributed by atoms with Crippen molar-refractivity contribution in [2.75, 3.05) is 6.54 Å². The number of hydrogen-bond donors (Lipinski definition) is 0. The van der Waals surface area contributed by atoms with Gasteiger partial charge in [0, 0.05) is 35.5 Å². The molecule has 0 aliphatic carbocycles. The summed E-state index contributed by atoms with van der Waals surface area (Å²) in [6.07, 6.45) is 0.926. The lowest BCUT2D eigenvalue weighted by atomic mass is 9.97. The van der Waals surface area contributed by atoms with Gasteiger partial charge in [-0.3, -0.25) is 4.79 Å². The summed E-state index contributed by atoms with van der Waals surface area (Å²) >= 11 is 11.8. The standard InChI is InChI=1S/C18H17Cl2NO3S/c19-14-3-1-13(2-4-14)11-16-12-17(22)9-10-21(16)25(23,24)18-7-5-15(20)6-8-18/h1-8,16H,9-12H2. The second-order valence-corrected chi connectivity index (χ2v) is 8.81. The molecule has 0 saturated carbocycles. The molecule has 1 saturated heterocycles. The Balaban J connectivity index is 1.89. The van der Waals surface area contributed by atoms with Gasteiger partial charge in [0.25, 0.3) is 0 Å². The molecule has 0 aromatic heterocycles. The van der Waals surface area contributed by atoms with Crippen LogP contribution in [0.4, 0.5) is 0 Å². The molecule has 3 rings (SSSR count). The van der Waals surface area contributed by atoms with Crippen molar-refractivity contribution < 1.29 is 13.2 Å². The first-order valence-electron chi connectivity index (χ1n) is 7.90. The van der Waals surface area contributed by atoms with Crippen LogP contribution in [0.1, 0.15) is 18.4 Å². The number of rotatable bonds is 4. The summed E-state index contributed by atoms with van der Waals surface area (Å²) in [5, 5.41) is 1.10. The fourth-order valence-corrected chi connectivity index (χ4v) is 4.89. The van der Waals surface area contributed by atoms with Crippen LogP contribution in [0.25, 0.3) is 0 Å². The first-order chi connectivity index (χ1) is 11.9. The van der Waals surface area contributed by atoms with Crippen LogP contribution in [0.3, 0.4) is 0 Å². The van der Waals surface area contributed by atoms with E-state index in [1.165, 1.54) is 16.4 Å². The van der Waals surface area contributed by atoms with E-state index in [2.05, 4.69) is 0 Å². The molecule has 0 amide bonds. The Bertz CT molecular complexity index is 864. The van der Waals surface area contributed by atoms with Crippen LogP contribution in [0.2, 0.25) is 10.0 Å². The van der Waals surface area contributed by atoms with Crippen molar-refractivity contribution in [3.8, 4) is 0 Å². The van der Waals surface area contributed by atoms with Crippen molar-refractivity contribution in [3.63, 3.8) is 0 Å². The SMILES string of the molecule is O=C1CCN(S(=O)(=O)c2ccc(Cl)cc2)C(Cc2ccc(Cl)cc2)C1. The zero-order chi connectivity index (χ0) is 18.0. The number of nitrogens with zero attached hydrogens (tertiary/aromatic N) is 1. The summed E-state index contributed by atoms with van der Waals surface area (Å²) in [5.41, 5.74) is 0.945. The number of hydrogen-bond acceptors (Lipinski definition) is 3. The average Bonchev–Trinajstić information content (AvgIpc) is 2.57. The van der Waals surface area contributed by atoms with Crippen molar-refractivity contribution in [1.29, 1.82) is 0 Å². The van der Waals surface area contributed by atoms with Crippen LogP contribution in [0.5, 0.6) is 0 Å². The molecule has 25 heavy (non-hydrogen) atoms. The van der Waals surface area contributed by atoms with E-state index in [-0.39, 0.29) is 30.1 Å². The number of benzene rings is 2. The lowest BCUT2D eigenvalue weighted by molar-refractivity contribution is -0.121. The van der Waals surface area contributed by atoms with Crippen LogP contribution in [-0.4, -0.2) is 31.1 Å². The Hall–Kier alpha value is -1.40. The highest BCUT2D eigenvalue weighted by Crippen LogP contribution is 2.27. The van der Waals surface area contributed by atoms with E-state index in [9.17, 15) is 13.2 Å². The molecule has 0 spiro atoms. The third kappa shape index (κ3) is 4.23. The highest BCUT2D eigenvalue weighted by atomic mass is 35.5. The minimum atomic E-state index is -3.68. The Morgan fingerprint density at radius 2 is 1.52 bits per heavy atom. The van der Waals surface area contributed by atoms with Crippen LogP contribution < -0.4 is 0 Å². The maximum absolute atomic E-state index is 13.0. The molecule has 1 heterocycles. The van der Waals surface area contributed by atoms with Gasteiger partial charge >= 0.3 is 0 Å². The van der Waals surface area contributed by atoms with Crippen LogP contribution in [0.15, 0.2) is 53.4 Å². The highest BCUT2D eigenvalue weighted by molar-refractivity contribution is 7.89. The van der Waals surface area contributed by atoms with Gasteiger partial charge in [-0.2, -0.15) is 4.31 Å². The summed E-state index contributed by atoms with van der Waals surface area (Å²) in [6, 6.07) is 12.9. The molecule has 132 valence electrons. The molecule has 0 N–H and O–H groups in total. The second kappa shape index (κ2) is 7.46. The largest absolute Gasteiger partial charge is 0.300 e. The number of sulfonamides is 1. The highest BCUT2D eigenvalue weighted by Gasteiger charge is 2.36. The monoisotopic (exact) mass is 397 g/mol. The topological polar surface area (TPSA) is 54.5 Å². The molecule has 1 aliphatic rings. The number of ketones is 1. The van der Waals surface area contributed by atoms with Crippen molar-refractivity contribution in [2.24, 2.45) is 0 Å². The van der Waals surface area contributed by atoms with Gasteiger partial charge < -0.3 is 0 Å². The molecule has 7 heteroatoms. The molecule has 2 aromatic rings. The molecule has 1 aliphatic heterocycles. The Kier molecular flexibility index (Phi) is 5.49. The van der Waals surface area contributed by atoms with Crippen molar-refractivity contribution in [1.82, 2.24) is 4.31 Å². The van der Waals surface area contributed by atoms with E-state index >= 15 is 0 Å². The fourth-order valence-electron chi connectivity index (χ4n) is 3.01. The zero-order valence-corrected chi connectivity index (χ0v) is 15.7. The Morgan fingerprint density at radius 1 is 0.960 bits per heavy atom. The minimum Gasteiger partial charge on any atom is -0.300 e. The van der Waals surface area contributed by atoms with Crippen molar-refractivity contribution in [2.45, 2.75) is 30.2 Å². The molecule has 0 radical (unpaired) electrons. The van der Waals surface area contributed by atoms with Gasteiger partial charge in [-0.1, -0.05) is 35.3 Å². The van der Waals surface area contributed by atoms with Gasteiger partial charge in [-0.25, -0.2) is 8.42 Å². The predicted octanol–water partition coefficient (Wildman–Crippen LogP) is 3.96. The van der Waals surface area contributed by atoms with E-state index in [1.54, 1.807) is 24.3 Å². The smallest absolute Gasteiger partial charge is 0.243 e. The molecular weight excluding hydrogens is 381 g/mol. The van der Waals surface area contributed by atoms with Crippen molar-refractivity contribution >= 4 is 39.0 Å². The van der Waals surface area contributed by atoms with Gasteiger partial charge in [0.1, 0.15) is 5.78 Å². The van der Waals surface area contributed by atoms with Gasteiger partial charge in [0.2, 0.25) is 10.0 Å². The molecular formula is C18H17Cl2NO3S. The molecule has 4 nitrogen and oxygen atoms in total. The normalized spacial score (nSPS) is 19.1. The fraction of sp³-hybridized carbons (Fsp3) is 0.278. The number of halogens is 2. The number of carbonyl (C=O) groups excluding carboxylic acids is 1. The first-order valence-corrected chi connectivity index (χ1v) is 10.1. The predicted molar refractivity (Wildman–Crippen MR) is 98.5 cm³/mol. The molecule has 2 aromatic carbocycles. The van der Waals surface area contributed by atoms with E-state index < -0.39 is 16.1 Å². The van der Waals surface area contributed by atoms with Gasteiger partial charge in [-0.15, -0.1) is 0 Å². The van der Waals surface area contributed by atoms with E-state index in [1.807, 2.05) is 12.1 Å². The summed E-state index contributed by atoms with van der Waals surface area (Å²) < 4.78 is 27.5.